The first kappa shape index (κ1) is 7.55. The van der Waals surface area contributed by atoms with E-state index in [1.54, 1.807) is 0 Å². The summed E-state index contributed by atoms with van der Waals surface area (Å²) in [6.07, 6.45) is 4.11. The Hall–Kier alpha value is -0.560. The lowest BCUT2D eigenvalue weighted by molar-refractivity contribution is 0.145. The van der Waals surface area contributed by atoms with Gasteiger partial charge >= 0.3 is 0 Å². The molecule has 1 rings (SSSR count). The van der Waals surface area contributed by atoms with Crippen molar-refractivity contribution in [2.75, 3.05) is 13.2 Å². The largest absolute Gasteiger partial charge is 0.377 e. The molecule has 0 aromatic heterocycles. The van der Waals surface area contributed by atoms with Crippen molar-refractivity contribution in [2.24, 2.45) is 0 Å². The van der Waals surface area contributed by atoms with Crippen molar-refractivity contribution in [3.05, 3.63) is 23.8 Å². The Labute approximate surface area is 62.4 Å². The molecule has 0 saturated carbocycles. The van der Waals surface area contributed by atoms with Gasteiger partial charge in [-0.1, -0.05) is 19.6 Å². The molecule has 0 spiro atoms. The van der Waals surface area contributed by atoms with Gasteiger partial charge in [-0.2, -0.15) is 0 Å². The Balaban J connectivity index is 2.72. The molecule has 1 heteroatoms. The molecule has 1 heterocycles. The summed E-state index contributed by atoms with van der Waals surface area (Å²) in [5.74, 6) is 0. The van der Waals surface area contributed by atoms with Gasteiger partial charge in [-0.15, -0.1) is 0 Å². The molecule has 0 atom stereocenters. The monoisotopic (exact) mass is 138 g/mol. The molecule has 0 N–H and O–H groups in total. The van der Waals surface area contributed by atoms with Crippen LogP contribution in [0, 0.1) is 0 Å². The van der Waals surface area contributed by atoms with Crippen molar-refractivity contribution in [3.8, 4) is 0 Å². The van der Waals surface area contributed by atoms with Crippen LogP contribution in [0.3, 0.4) is 0 Å². The number of hydrogen-bond acceptors (Lipinski definition) is 1. The number of hydrogen-bond donors (Lipinski definition) is 0. The summed E-state index contributed by atoms with van der Waals surface area (Å²) in [5, 5.41) is 0. The van der Waals surface area contributed by atoms with Gasteiger partial charge in [0.25, 0.3) is 0 Å². The van der Waals surface area contributed by atoms with Gasteiger partial charge in [0.2, 0.25) is 0 Å². The lowest BCUT2D eigenvalue weighted by Crippen LogP contribution is -2.09. The van der Waals surface area contributed by atoms with Gasteiger partial charge in [0.15, 0.2) is 0 Å². The normalized spacial score (nSPS) is 19.3. The Bertz CT molecular complexity index is 156. The molecule has 56 valence electrons. The van der Waals surface area contributed by atoms with E-state index in [0.717, 1.165) is 26.1 Å². The van der Waals surface area contributed by atoms with E-state index >= 15 is 0 Å². The lowest BCUT2D eigenvalue weighted by atomic mass is 10.0. The van der Waals surface area contributed by atoms with E-state index in [9.17, 15) is 0 Å². The smallest absolute Gasteiger partial charge is 0.0682 e. The van der Waals surface area contributed by atoms with E-state index < -0.39 is 0 Å². The lowest BCUT2D eigenvalue weighted by Gasteiger charge is -2.16. The molecule has 0 amide bonds. The molecule has 0 unspecified atom stereocenters. The number of rotatable bonds is 2. The van der Waals surface area contributed by atoms with Crippen molar-refractivity contribution >= 4 is 0 Å². The van der Waals surface area contributed by atoms with Crippen molar-refractivity contribution in [2.45, 2.75) is 19.8 Å². The van der Waals surface area contributed by atoms with Crippen molar-refractivity contribution < 1.29 is 4.74 Å². The highest BCUT2D eigenvalue weighted by molar-refractivity contribution is 5.25. The molecule has 0 radical (unpaired) electrons. The van der Waals surface area contributed by atoms with Crippen molar-refractivity contribution in [1.29, 1.82) is 0 Å². The zero-order valence-corrected chi connectivity index (χ0v) is 6.52. The van der Waals surface area contributed by atoms with Crippen LogP contribution in [0.1, 0.15) is 19.8 Å². The van der Waals surface area contributed by atoms with Gasteiger partial charge in [-0.25, -0.2) is 0 Å². The summed E-state index contributed by atoms with van der Waals surface area (Å²) in [6.45, 7) is 7.61. The minimum atomic E-state index is 0.817. The fraction of sp³-hybridized carbons (Fsp3) is 0.556. The van der Waals surface area contributed by atoms with E-state index in [-0.39, 0.29) is 0 Å². The molecule has 1 nitrogen and oxygen atoms in total. The molecular formula is C9H14O. The summed E-state index contributed by atoms with van der Waals surface area (Å²) in [6, 6.07) is 0. The fourth-order valence-corrected chi connectivity index (χ4v) is 1.22. The van der Waals surface area contributed by atoms with Crippen LogP contribution in [-0.4, -0.2) is 13.2 Å². The van der Waals surface area contributed by atoms with Gasteiger partial charge in [0.05, 0.1) is 13.2 Å². The second kappa shape index (κ2) is 3.57. The van der Waals surface area contributed by atoms with Gasteiger partial charge < -0.3 is 4.74 Å². The third-order valence-electron chi connectivity index (χ3n) is 1.92. The third kappa shape index (κ3) is 1.48. The fourth-order valence-electron chi connectivity index (χ4n) is 1.22. The van der Waals surface area contributed by atoms with E-state index in [4.69, 9.17) is 4.74 Å². The van der Waals surface area contributed by atoms with Crippen LogP contribution in [0.25, 0.3) is 0 Å². The number of ether oxygens (including phenoxy) is 1. The van der Waals surface area contributed by atoms with Crippen LogP contribution in [-0.2, 0) is 4.74 Å². The van der Waals surface area contributed by atoms with Gasteiger partial charge in [0.1, 0.15) is 0 Å². The molecular weight excluding hydrogens is 124 g/mol. The first-order chi connectivity index (χ1) is 4.88. The summed E-state index contributed by atoms with van der Waals surface area (Å²) in [7, 11) is 0. The van der Waals surface area contributed by atoms with Crippen LogP contribution in [0.2, 0.25) is 0 Å². The molecule has 0 fully saturated rings. The van der Waals surface area contributed by atoms with Crippen LogP contribution in [0.15, 0.2) is 23.8 Å². The SMILES string of the molecule is C=CC1=C(CC)COCC1. The maximum absolute atomic E-state index is 5.30. The maximum atomic E-state index is 5.30. The van der Waals surface area contributed by atoms with Gasteiger partial charge in [-0.3, -0.25) is 0 Å². The molecule has 0 bridgehead atoms. The van der Waals surface area contributed by atoms with Crippen LogP contribution < -0.4 is 0 Å². The highest BCUT2D eigenvalue weighted by Gasteiger charge is 2.07. The van der Waals surface area contributed by atoms with Crippen LogP contribution in [0.4, 0.5) is 0 Å². The zero-order chi connectivity index (χ0) is 7.40. The van der Waals surface area contributed by atoms with Gasteiger partial charge in [-0.05, 0) is 24.0 Å². The van der Waals surface area contributed by atoms with Crippen molar-refractivity contribution in [3.63, 3.8) is 0 Å². The second-order valence-electron chi connectivity index (χ2n) is 2.49. The Morgan fingerprint density at radius 2 is 2.50 bits per heavy atom. The summed E-state index contributed by atoms with van der Waals surface area (Å²) in [5.41, 5.74) is 2.81. The predicted molar refractivity (Wildman–Crippen MR) is 43.0 cm³/mol. The Morgan fingerprint density at radius 3 is 3.00 bits per heavy atom. The predicted octanol–water partition coefficient (Wildman–Crippen LogP) is 2.30. The molecule has 0 aromatic rings. The molecule has 0 aliphatic carbocycles. The summed E-state index contributed by atoms with van der Waals surface area (Å²) < 4.78 is 5.30. The molecule has 1 aliphatic rings. The molecule has 0 aromatic carbocycles. The molecule has 1 aliphatic heterocycles. The van der Waals surface area contributed by atoms with Crippen molar-refractivity contribution in [1.82, 2.24) is 0 Å². The highest BCUT2D eigenvalue weighted by atomic mass is 16.5. The summed E-state index contributed by atoms with van der Waals surface area (Å²) >= 11 is 0. The minimum Gasteiger partial charge on any atom is -0.377 e. The van der Waals surface area contributed by atoms with E-state index in [2.05, 4.69) is 13.5 Å². The maximum Gasteiger partial charge on any atom is 0.0682 e. The first-order valence-corrected chi connectivity index (χ1v) is 3.79. The second-order valence-corrected chi connectivity index (χ2v) is 2.49. The standard InChI is InChI=1S/C9H14O/c1-3-8-5-6-10-7-9(8)4-2/h3H,1,4-7H2,2H3. The van der Waals surface area contributed by atoms with Gasteiger partial charge in [0, 0.05) is 0 Å². The minimum absolute atomic E-state index is 0.817. The number of allylic oxidation sites excluding steroid dienone is 1. The third-order valence-corrected chi connectivity index (χ3v) is 1.92. The topological polar surface area (TPSA) is 9.23 Å². The van der Waals surface area contributed by atoms with E-state index in [1.807, 2.05) is 6.08 Å². The van der Waals surface area contributed by atoms with E-state index in [0.29, 0.717) is 0 Å². The average molecular weight is 138 g/mol. The highest BCUT2D eigenvalue weighted by Crippen LogP contribution is 2.18. The molecule has 0 saturated heterocycles. The average Bonchev–Trinajstić information content (AvgIpc) is 2.04. The Morgan fingerprint density at radius 1 is 1.70 bits per heavy atom. The first-order valence-electron chi connectivity index (χ1n) is 3.79. The molecule has 10 heavy (non-hydrogen) atoms. The summed E-state index contributed by atoms with van der Waals surface area (Å²) in [4.78, 5) is 0. The quantitative estimate of drug-likeness (QED) is 0.569. The Kier molecular flexibility index (Phi) is 2.69. The van der Waals surface area contributed by atoms with E-state index in [1.165, 1.54) is 11.1 Å². The van der Waals surface area contributed by atoms with Crippen LogP contribution in [0.5, 0.6) is 0 Å². The zero-order valence-electron chi connectivity index (χ0n) is 6.52. The van der Waals surface area contributed by atoms with Crippen LogP contribution >= 0.6 is 0 Å².